The summed E-state index contributed by atoms with van der Waals surface area (Å²) in [5, 5.41) is 12.2. The number of nitrogens with one attached hydrogen (secondary N) is 1. The van der Waals surface area contributed by atoms with Gasteiger partial charge in [0.05, 0.1) is 30.2 Å². The van der Waals surface area contributed by atoms with E-state index in [1.54, 1.807) is 0 Å². The van der Waals surface area contributed by atoms with E-state index in [0.717, 1.165) is 48.8 Å². The van der Waals surface area contributed by atoms with Crippen molar-refractivity contribution in [2.45, 2.75) is 30.7 Å². The Balaban J connectivity index is 1.73. The van der Waals surface area contributed by atoms with Crippen molar-refractivity contribution in [1.82, 2.24) is 9.97 Å². The number of aliphatic hydroxyl groups is 1. The van der Waals surface area contributed by atoms with Gasteiger partial charge in [0.25, 0.3) is 5.91 Å². The van der Waals surface area contributed by atoms with Crippen LogP contribution in [0.1, 0.15) is 28.9 Å². The monoisotopic (exact) mass is 497 g/mol. The summed E-state index contributed by atoms with van der Waals surface area (Å²) in [5.74, 6) is -4.45. The molecule has 1 amide bonds. The van der Waals surface area contributed by atoms with Crippen LogP contribution in [0.15, 0.2) is 48.8 Å². The average molecular weight is 497 g/mol. The van der Waals surface area contributed by atoms with Crippen LogP contribution in [-0.4, -0.2) is 39.9 Å². The molecule has 3 heterocycles. The third-order valence-corrected chi connectivity index (χ3v) is 5.56. The Bertz CT molecular complexity index is 1250. The number of aliphatic hydroxyl groups excluding tert-OH is 1. The van der Waals surface area contributed by atoms with Crippen LogP contribution in [0.5, 0.6) is 0 Å². The maximum Gasteiger partial charge on any atom is 0.421 e. The van der Waals surface area contributed by atoms with Crippen molar-refractivity contribution in [3.8, 4) is 11.3 Å². The number of aromatic nitrogens is 2. The predicted molar refractivity (Wildman–Crippen MR) is 111 cm³/mol. The van der Waals surface area contributed by atoms with Gasteiger partial charge in [-0.2, -0.15) is 13.2 Å². The molecule has 12 heteroatoms. The van der Waals surface area contributed by atoms with Gasteiger partial charge < -0.3 is 15.2 Å². The van der Waals surface area contributed by atoms with Crippen LogP contribution in [-0.2, 0) is 10.3 Å². The molecule has 1 fully saturated rings. The first-order chi connectivity index (χ1) is 16.5. The minimum Gasteiger partial charge on any atom is -0.393 e. The summed E-state index contributed by atoms with van der Waals surface area (Å²) >= 11 is 0. The van der Waals surface area contributed by atoms with E-state index in [-0.39, 0.29) is 13.0 Å². The lowest BCUT2D eigenvalue weighted by atomic mass is 9.84. The molecule has 0 spiro atoms. The molecule has 0 aliphatic carbocycles. The van der Waals surface area contributed by atoms with Gasteiger partial charge in [-0.25, -0.2) is 18.2 Å². The number of carbonyl (C=O) groups excluding carboxylic acids is 1. The highest BCUT2D eigenvalue weighted by Crippen LogP contribution is 2.50. The molecule has 1 aliphatic rings. The Morgan fingerprint density at radius 3 is 2.46 bits per heavy atom. The van der Waals surface area contributed by atoms with Crippen LogP contribution in [0.3, 0.4) is 0 Å². The van der Waals surface area contributed by atoms with Crippen molar-refractivity contribution in [2.75, 3.05) is 11.9 Å². The van der Waals surface area contributed by atoms with Gasteiger partial charge in [0.15, 0.2) is 5.60 Å². The molecule has 0 saturated carbocycles. The number of benzene rings is 1. The van der Waals surface area contributed by atoms with E-state index >= 15 is 0 Å². The fraction of sp³-hybridized carbons (Fsp3) is 0.261. The second-order valence-electron chi connectivity index (χ2n) is 7.82. The quantitative estimate of drug-likeness (QED) is 0.509. The highest BCUT2D eigenvalue weighted by atomic mass is 19.4. The Hall–Kier alpha value is -3.51. The maximum absolute atomic E-state index is 14.3. The molecule has 1 aromatic carbocycles. The molecule has 1 aliphatic heterocycles. The SMILES string of the molecule is O=C(Nc1cnccc1C1(C(F)(F)F)CC(O)CCO1)c1ccc(F)c(-c2c(F)cccc2F)n1. The van der Waals surface area contributed by atoms with Gasteiger partial charge in [-0.3, -0.25) is 9.78 Å². The van der Waals surface area contributed by atoms with Gasteiger partial charge in [0.1, 0.15) is 28.8 Å². The van der Waals surface area contributed by atoms with E-state index in [9.17, 15) is 36.2 Å². The van der Waals surface area contributed by atoms with Crippen LogP contribution < -0.4 is 5.32 Å². The van der Waals surface area contributed by atoms with Crippen molar-refractivity contribution in [3.63, 3.8) is 0 Å². The Kier molecular flexibility index (Phi) is 6.52. The molecular formula is C23H17F6N3O3. The van der Waals surface area contributed by atoms with Crippen molar-refractivity contribution in [1.29, 1.82) is 0 Å². The maximum atomic E-state index is 14.3. The van der Waals surface area contributed by atoms with Crippen LogP contribution in [0.4, 0.5) is 32.0 Å². The lowest BCUT2D eigenvalue weighted by molar-refractivity contribution is -0.306. The largest absolute Gasteiger partial charge is 0.421 e. The molecular weight excluding hydrogens is 480 g/mol. The van der Waals surface area contributed by atoms with Gasteiger partial charge in [0.2, 0.25) is 0 Å². The number of alkyl halides is 3. The highest BCUT2D eigenvalue weighted by molar-refractivity contribution is 6.03. The average Bonchev–Trinajstić information content (AvgIpc) is 2.79. The van der Waals surface area contributed by atoms with Crippen LogP contribution >= 0.6 is 0 Å². The summed E-state index contributed by atoms with van der Waals surface area (Å²) in [6.45, 7) is -0.381. The standard InChI is InChI=1S/C23H17F6N3O3/c24-14-2-1-3-15(25)19(14)20-16(26)4-5-17(31-20)21(34)32-18-11-30-8-6-13(18)22(23(27,28)29)10-12(33)7-9-35-22/h1-6,8,11-12,33H,7,9-10H2,(H,32,34). The summed E-state index contributed by atoms with van der Waals surface area (Å²) in [5.41, 5.74) is -5.94. The molecule has 4 rings (SSSR count). The molecule has 35 heavy (non-hydrogen) atoms. The molecule has 1 saturated heterocycles. The zero-order valence-corrected chi connectivity index (χ0v) is 17.7. The van der Waals surface area contributed by atoms with Crippen molar-refractivity contribution >= 4 is 11.6 Å². The van der Waals surface area contributed by atoms with E-state index in [4.69, 9.17) is 4.74 Å². The number of ether oxygens (including phenoxy) is 1. The zero-order chi connectivity index (χ0) is 25.4. The Morgan fingerprint density at radius 1 is 1.09 bits per heavy atom. The van der Waals surface area contributed by atoms with E-state index in [0.29, 0.717) is 0 Å². The molecule has 2 aromatic heterocycles. The number of hydrogen-bond acceptors (Lipinski definition) is 5. The molecule has 2 unspecified atom stereocenters. The van der Waals surface area contributed by atoms with Crippen molar-refractivity contribution < 1.29 is 41.0 Å². The van der Waals surface area contributed by atoms with Gasteiger partial charge in [-0.05, 0) is 36.8 Å². The van der Waals surface area contributed by atoms with Crippen molar-refractivity contribution in [2.24, 2.45) is 0 Å². The molecule has 2 N–H and O–H groups in total. The first-order valence-electron chi connectivity index (χ1n) is 10.3. The molecule has 0 bridgehead atoms. The number of rotatable bonds is 4. The number of anilines is 1. The fourth-order valence-electron chi connectivity index (χ4n) is 3.90. The van der Waals surface area contributed by atoms with Crippen LogP contribution in [0, 0.1) is 17.5 Å². The predicted octanol–water partition coefficient (Wildman–Crippen LogP) is 4.74. The molecule has 6 nitrogen and oxygen atoms in total. The second kappa shape index (κ2) is 9.27. The summed E-state index contributed by atoms with van der Waals surface area (Å²) in [6, 6.07) is 5.48. The number of halogens is 6. The van der Waals surface area contributed by atoms with E-state index in [2.05, 4.69) is 15.3 Å². The smallest absolute Gasteiger partial charge is 0.393 e. The van der Waals surface area contributed by atoms with E-state index < -0.39 is 75.9 Å². The summed E-state index contributed by atoms with van der Waals surface area (Å²) in [7, 11) is 0. The minimum atomic E-state index is -4.96. The van der Waals surface area contributed by atoms with Crippen LogP contribution in [0.2, 0.25) is 0 Å². The summed E-state index contributed by atoms with van der Waals surface area (Å²) < 4.78 is 90.2. The lowest BCUT2D eigenvalue weighted by Crippen LogP contribution is -2.50. The minimum absolute atomic E-state index is 0.000508. The Morgan fingerprint density at radius 2 is 1.80 bits per heavy atom. The lowest BCUT2D eigenvalue weighted by Gasteiger charge is -2.41. The van der Waals surface area contributed by atoms with Gasteiger partial charge in [0, 0.05) is 18.2 Å². The molecule has 0 radical (unpaired) electrons. The number of nitrogens with zero attached hydrogens (tertiary/aromatic N) is 2. The third-order valence-electron chi connectivity index (χ3n) is 5.56. The first kappa shape index (κ1) is 24.6. The first-order valence-corrected chi connectivity index (χ1v) is 10.3. The topological polar surface area (TPSA) is 84.3 Å². The number of pyridine rings is 2. The van der Waals surface area contributed by atoms with E-state index in [1.807, 2.05) is 0 Å². The number of carbonyl (C=O) groups is 1. The molecule has 2 atom stereocenters. The van der Waals surface area contributed by atoms with Gasteiger partial charge in [-0.15, -0.1) is 0 Å². The number of amides is 1. The summed E-state index contributed by atoms with van der Waals surface area (Å²) in [4.78, 5) is 20.3. The third kappa shape index (κ3) is 4.58. The van der Waals surface area contributed by atoms with Gasteiger partial charge >= 0.3 is 6.18 Å². The van der Waals surface area contributed by atoms with E-state index in [1.165, 1.54) is 0 Å². The molecule has 184 valence electrons. The number of hydrogen-bond donors (Lipinski definition) is 2. The fourth-order valence-corrected chi connectivity index (χ4v) is 3.90. The highest BCUT2D eigenvalue weighted by Gasteiger charge is 2.60. The Labute approximate surface area is 194 Å². The zero-order valence-electron chi connectivity index (χ0n) is 17.7. The molecule has 3 aromatic rings. The van der Waals surface area contributed by atoms with Crippen LogP contribution in [0.25, 0.3) is 11.3 Å². The second-order valence-corrected chi connectivity index (χ2v) is 7.82. The van der Waals surface area contributed by atoms with Gasteiger partial charge in [-0.1, -0.05) is 6.07 Å². The summed E-state index contributed by atoms with van der Waals surface area (Å²) in [6.07, 6.45) is -5.06. The van der Waals surface area contributed by atoms with Crippen molar-refractivity contribution in [3.05, 3.63) is 77.5 Å². The normalized spacial score (nSPS) is 20.5.